The van der Waals surface area contributed by atoms with Gasteiger partial charge in [0.25, 0.3) is 0 Å². The summed E-state index contributed by atoms with van der Waals surface area (Å²) in [4.78, 5) is 4.02. The van der Waals surface area contributed by atoms with Crippen molar-refractivity contribution in [1.29, 1.82) is 0 Å². The SMILES string of the molecule is Cc1ccc(Cl)cc1Oc1ncc(N)cc1Cl. The van der Waals surface area contributed by atoms with Gasteiger partial charge >= 0.3 is 0 Å². The standard InChI is InChI=1S/C12H10Cl2N2O/c1-7-2-3-8(13)4-11(7)17-12-10(14)5-9(15)6-16-12/h2-6H,15H2,1H3. The highest BCUT2D eigenvalue weighted by Gasteiger charge is 2.07. The Hall–Kier alpha value is -1.45. The van der Waals surface area contributed by atoms with Crippen molar-refractivity contribution in [3.05, 3.63) is 46.1 Å². The van der Waals surface area contributed by atoms with Gasteiger partial charge in [-0.25, -0.2) is 4.98 Å². The molecule has 1 aromatic heterocycles. The number of nitrogens with two attached hydrogens (primary N) is 1. The molecule has 0 fully saturated rings. The van der Waals surface area contributed by atoms with Crippen LogP contribution in [-0.4, -0.2) is 4.98 Å². The maximum absolute atomic E-state index is 5.97. The second kappa shape index (κ2) is 4.82. The van der Waals surface area contributed by atoms with Gasteiger partial charge in [-0.2, -0.15) is 0 Å². The third-order valence-electron chi connectivity index (χ3n) is 2.19. The molecule has 3 nitrogen and oxygen atoms in total. The Morgan fingerprint density at radius 3 is 2.71 bits per heavy atom. The number of anilines is 1. The van der Waals surface area contributed by atoms with Gasteiger partial charge in [0.15, 0.2) is 0 Å². The van der Waals surface area contributed by atoms with Crippen LogP contribution in [0.1, 0.15) is 5.56 Å². The number of aryl methyl sites for hydroxylation is 1. The Labute approximate surface area is 109 Å². The largest absolute Gasteiger partial charge is 0.437 e. The van der Waals surface area contributed by atoms with Gasteiger partial charge in [0, 0.05) is 5.02 Å². The normalized spacial score (nSPS) is 10.3. The molecule has 0 saturated carbocycles. The second-order valence-electron chi connectivity index (χ2n) is 3.57. The molecule has 0 amide bonds. The number of nitrogens with zero attached hydrogens (tertiary/aromatic N) is 1. The predicted octanol–water partition coefficient (Wildman–Crippen LogP) is 4.07. The molecule has 0 radical (unpaired) electrons. The maximum atomic E-state index is 5.97. The molecular weight excluding hydrogens is 259 g/mol. The van der Waals surface area contributed by atoms with Gasteiger partial charge < -0.3 is 10.5 Å². The van der Waals surface area contributed by atoms with Crippen LogP contribution in [-0.2, 0) is 0 Å². The topological polar surface area (TPSA) is 48.1 Å². The number of rotatable bonds is 2. The fraction of sp³-hybridized carbons (Fsp3) is 0.0833. The minimum Gasteiger partial charge on any atom is -0.437 e. The van der Waals surface area contributed by atoms with Crippen molar-refractivity contribution in [2.45, 2.75) is 6.92 Å². The zero-order chi connectivity index (χ0) is 12.4. The van der Waals surface area contributed by atoms with Gasteiger partial charge in [0.2, 0.25) is 5.88 Å². The molecule has 0 aliphatic rings. The fourth-order valence-corrected chi connectivity index (χ4v) is 1.68. The minimum atomic E-state index is 0.311. The zero-order valence-electron chi connectivity index (χ0n) is 9.08. The Bertz CT molecular complexity index is 558. The third-order valence-corrected chi connectivity index (χ3v) is 2.69. The second-order valence-corrected chi connectivity index (χ2v) is 4.41. The van der Waals surface area contributed by atoms with E-state index >= 15 is 0 Å². The highest BCUT2D eigenvalue weighted by atomic mass is 35.5. The first-order valence-corrected chi connectivity index (χ1v) is 5.67. The van der Waals surface area contributed by atoms with Crippen LogP contribution in [0.15, 0.2) is 30.5 Å². The van der Waals surface area contributed by atoms with E-state index in [1.54, 1.807) is 18.2 Å². The Kier molecular flexibility index (Phi) is 3.41. The summed E-state index contributed by atoms with van der Waals surface area (Å²) < 4.78 is 5.59. The van der Waals surface area contributed by atoms with Crippen molar-refractivity contribution in [3.63, 3.8) is 0 Å². The summed E-state index contributed by atoms with van der Waals surface area (Å²) in [6, 6.07) is 6.96. The Balaban J connectivity index is 2.34. The molecule has 1 aromatic carbocycles. The zero-order valence-corrected chi connectivity index (χ0v) is 10.6. The molecule has 0 aliphatic carbocycles. The quantitative estimate of drug-likeness (QED) is 0.893. The van der Waals surface area contributed by atoms with Gasteiger partial charge in [-0.3, -0.25) is 0 Å². The third kappa shape index (κ3) is 2.81. The van der Waals surface area contributed by atoms with Gasteiger partial charge in [0.1, 0.15) is 10.8 Å². The van der Waals surface area contributed by atoms with Crippen molar-refractivity contribution in [3.8, 4) is 11.6 Å². The van der Waals surface area contributed by atoms with Crippen molar-refractivity contribution in [2.24, 2.45) is 0 Å². The monoisotopic (exact) mass is 268 g/mol. The Morgan fingerprint density at radius 2 is 2.00 bits per heavy atom. The van der Waals surface area contributed by atoms with E-state index in [0.717, 1.165) is 5.56 Å². The average Bonchev–Trinajstić information content (AvgIpc) is 2.27. The number of ether oxygens (including phenoxy) is 1. The van der Waals surface area contributed by atoms with E-state index in [1.165, 1.54) is 6.20 Å². The summed E-state index contributed by atoms with van der Waals surface area (Å²) in [6.07, 6.45) is 1.49. The first-order valence-electron chi connectivity index (χ1n) is 4.91. The van der Waals surface area contributed by atoms with Gasteiger partial charge in [-0.15, -0.1) is 0 Å². The lowest BCUT2D eigenvalue weighted by Crippen LogP contribution is -1.93. The molecule has 88 valence electrons. The first-order chi connectivity index (χ1) is 8.06. The first kappa shape index (κ1) is 12.0. The maximum Gasteiger partial charge on any atom is 0.238 e. The van der Waals surface area contributed by atoms with Gasteiger partial charge in [-0.1, -0.05) is 29.3 Å². The molecule has 1 heterocycles. The lowest BCUT2D eigenvalue weighted by Gasteiger charge is -2.09. The van der Waals surface area contributed by atoms with Crippen LogP contribution < -0.4 is 10.5 Å². The minimum absolute atomic E-state index is 0.311. The van der Waals surface area contributed by atoms with Crippen molar-refractivity contribution < 1.29 is 4.74 Å². The number of halogens is 2. The van der Waals surface area contributed by atoms with E-state index in [0.29, 0.717) is 27.4 Å². The summed E-state index contributed by atoms with van der Waals surface area (Å²) in [5.74, 6) is 0.933. The van der Waals surface area contributed by atoms with E-state index in [1.807, 2.05) is 13.0 Å². The van der Waals surface area contributed by atoms with E-state index < -0.39 is 0 Å². The highest BCUT2D eigenvalue weighted by Crippen LogP contribution is 2.31. The lowest BCUT2D eigenvalue weighted by atomic mass is 10.2. The van der Waals surface area contributed by atoms with Crippen LogP contribution in [0.2, 0.25) is 10.0 Å². The number of hydrogen-bond acceptors (Lipinski definition) is 3. The van der Waals surface area contributed by atoms with Crippen molar-refractivity contribution in [1.82, 2.24) is 4.98 Å². The number of benzene rings is 1. The van der Waals surface area contributed by atoms with Gasteiger partial charge in [-0.05, 0) is 30.7 Å². The lowest BCUT2D eigenvalue weighted by molar-refractivity contribution is 0.460. The van der Waals surface area contributed by atoms with Crippen LogP contribution in [0.5, 0.6) is 11.6 Å². The van der Waals surface area contributed by atoms with Crippen LogP contribution in [0.25, 0.3) is 0 Å². The molecule has 17 heavy (non-hydrogen) atoms. The summed E-state index contributed by atoms with van der Waals surface area (Å²) in [5, 5.41) is 0.960. The number of hydrogen-bond donors (Lipinski definition) is 1. The van der Waals surface area contributed by atoms with Crippen molar-refractivity contribution in [2.75, 3.05) is 5.73 Å². The fourth-order valence-electron chi connectivity index (χ4n) is 1.30. The van der Waals surface area contributed by atoms with Crippen LogP contribution >= 0.6 is 23.2 Å². The molecule has 0 atom stereocenters. The van der Waals surface area contributed by atoms with E-state index in [4.69, 9.17) is 33.7 Å². The number of pyridine rings is 1. The molecule has 0 spiro atoms. The Morgan fingerprint density at radius 1 is 1.24 bits per heavy atom. The van der Waals surface area contributed by atoms with Crippen molar-refractivity contribution >= 4 is 28.9 Å². The molecule has 2 rings (SSSR count). The number of nitrogen functional groups attached to an aromatic ring is 1. The average molecular weight is 269 g/mol. The molecule has 0 unspecified atom stereocenters. The summed E-state index contributed by atoms with van der Waals surface area (Å²) >= 11 is 11.9. The van der Waals surface area contributed by atoms with E-state index in [9.17, 15) is 0 Å². The van der Waals surface area contributed by atoms with Crippen LogP contribution in [0.3, 0.4) is 0 Å². The molecular formula is C12H10Cl2N2O. The molecule has 0 saturated heterocycles. The van der Waals surface area contributed by atoms with E-state index in [-0.39, 0.29) is 0 Å². The molecule has 2 N–H and O–H groups in total. The highest BCUT2D eigenvalue weighted by molar-refractivity contribution is 6.32. The predicted molar refractivity (Wildman–Crippen MR) is 69.9 cm³/mol. The molecule has 0 aliphatic heterocycles. The molecule has 5 heteroatoms. The summed E-state index contributed by atoms with van der Waals surface area (Å²) in [7, 11) is 0. The molecule has 0 bridgehead atoms. The van der Waals surface area contributed by atoms with Crippen LogP contribution in [0.4, 0.5) is 5.69 Å². The number of aromatic nitrogens is 1. The molecule has 2 aromatic rings. The summed E-state index contributed by atoms with van der Waals surface area (Å²) in [5.41, 5.74) is 6.99. The summed E-state index contributed by atoms with van der Waals surface area (Å²) in [6.45, 7) is 1.91. The van der Waals surface area contributed by atoms with E-state index in [2.05, 4.69) is 4.98 Å². The van der Waals surface area contributed by atoms with Crippen LogP contribution in [0, 0.1) is 6.92 Å². The van der Waals surface area contributed by atoms with Gasteiger partial charge in [0.05, 0.1) is 11.9 Å². The smallest absolute Gasteiger partial charge is 0.238 e.